The molecule has 1 aromatic rings. The third-order valence-corrected chi connectivity index (χ3v) is 3.21. The maximum atomic E-state index is 8.95. The van der Waals surface area contributed by atoms with Crippen LogP contribution in [0.15, 0.2) is 28.7 Å². The number of nitrogens with zero attached hydrogens (tertiary/aromatic N) is 1. The van der Waals surface area contributed by atoms with Crippen LogP contribution in [0.3, 0.4) is 0 Å². The molecule has 2 rings (SSSR count). The molecule has 1 aliphatic rings. The second kappa shape index (κ2) is 4.12. The third-order valence-electron chi connectivity index (χ3n) is 2.68. The Kier molecular flexibility index (Phi) is 2.85. The Hall–Kier alpha value is -0.850. The van der Waals surface area contributed by atoms with Crippen molar-refractivity contribution in [1.29, 1.82) is 5.26 Å². The lowest BCUT2D eigenvalue weighted by molar-refractivity contribution is 0.646. The fourth-order valence-corrected chi connectivity index (χ4v) is 2.14. The molecule has 2 atom stereocenters. The van der Waals surface area contributed by atoms with Crippen LogP contribution in [-0.2, 0) is 0 Å². The van der Waals surface area contributed by atoms with Crippen LogP contribution >= 0.6 is 15.9 Å². The van der Waals surface area contributed by atoms with Gasteiger partial charge in [0.1, 0.15) is 0 Å². The van der Waals surface area contributed by atoms with E-state index in [1.807, 2.05) is 12.1 Å². The van der Waals surface area contributed by atoms with Gasteiger partial charge >= 0.3 is 0 Å². The van der Waals surface area contributed by atoms with Crippen molar-refractivity contribution < 1.29 is 0 Å². The predicted octanol–water partition coefficient (Wildman–Crippen LogP) is 2.28. The molecule has 0 aliphatic carbocycles. The lowest BCUT2D eigenvalue weighted by Crippen LogP contribution is -2.08. The van der Waals surface area contributed by atoms with E-state index >= 15 is 0 Å². The first-order valence-electron chi connectivity index (χ1n) is 4.67. The molecule has 0 aromatic heterocycles. The molecule has 0 amide bonds. The summed E-state index contributed by atoms with van der Waals surface area (Å²) in [6.45, 7) is 1.73. The minimum absolute atomic E-state index is 0.121. The van der Waals surface area contributed by atoms with E-state index in [4.69, 9.17) is 5.26 Å². The van der Waals surface area contributed by atoms with E-state index in [0.29, 0.717) is 5.92 Å². The van der Waals surface area contributed by atoms with Gasteiger partial charge in [-0.25, -0.2) is 0 Å². The molecule has 1 saturated heterocycles. The van der Waals surface area contributed by atoms with Crippen LogP contribution in [0.25, 0.3) is 0 Å². The van der Waals surface area contributed by atoms with Gasteiger partial charge in [-0.2, -0.15) is 5.26 Å². The van der Waals surface area contributed by atoms with E-state index in [1.165, 1.54) is 5.56 Å². The zero-order valence-electron chi connectivity index (χ0n) is 7.70. The second-order valence-electron chi connectivity index (χ2n) is 3.55. The van der Waals surface area contributed by atoms with Crippen LogP contribution < -0.4 is 5.32 Å². The Bertz CT molecular complexity index is 353. The van der Waals surface area contributed by atoms with E-state index in [2.05, 4.69) is 39.4 Å². The summed E-state index contributed by atoms with van der Waals surface area (Å²) in [4.78, 5) is 0. The molecule has 1 fully saturated rings. The largest absolute Gasteiger partial charge is 0.315 e. The molecule has 0 saturated carbocycles. The fraction of sp³-hybridized carbons (Fsp3) is 0.364. The number of hydrogen-bond donors (Lipinski definition) is 1. The Morgan fingerprint density at radius 1 is 1.29 bits per heavy atom. The molecular weight excluding hydrogens is 240 g/mol. The Labute approximate surface area is 92.1 Å². The first-order valence-corrected chi connectivity index (χ1v) is 5.46. The van der Waals surface area contributed by atoms with Gasteiger partial charge in [0.2, 0.25) is 0 Å². The number of benzene rings is 1. The van der Waals surface area contributed by atoms with Gasteiger partial charge in [0.05, 0.1) is 12.0 Å². The first-order chi connectivity index (χ1) is 6.81. The Balaban J connectivity index is 2.23. The number of hydrogen-bond acceptors (Lipinski definition) is 2. The highest BCUT2D eigenvalue weighted by molar-refractivity contribution is 9.10. The maximum absolute atomic E-state index is 8.95. The van der Waals surface area contributed by atoms with Crippen molar-refractivity contribution >= 4 is 15.9 Å². The van der Waals surface area contributed by atoms with E-state index in [-0.39, 0.29) is 5.92 Å². The van der Waals surface area contributed by atoms with Gasteiger partial charge in [-0.1, -0.05) is 28.1 Å². The van der Waals surface area contributed by atoms with Gasteiger partial charge in [-0.3, -0.25) is 0 Å². The van der Waals surface area contributed by atoms with Crippen molar-refractivity contribution in [3.8, 4) is 6.07 Å². The topological polar surface area (TPSA) is 35.8 Å². The molecule has 14 heavy (non-hydrogen) atoms. The summed E-state index contributed by atoms with van der Waals surface area (Å²) in [5, 5.41) is 12.2. The molecule has 1 N–H and O–H groups in total. The van der Waals surface area contributed by atoms with Gasteiger partial charge in [0, 0.05) is 23.5 Å². The van der Waals surface area contributed by atoms with E-state index in [9.17, 15) is 0 Å². The van der Waals surface area contributed by atoms with Crippen molar-refractivity contribution in [2.75, 3.05) is 13.1 Å². The van der Waals surface area contributed by atoms with Crippen LogP contribution in [0.2, 0.25) is 0 Å². The zero-order chi connectivity index (χ0) is 9.97. The lowest BCUT2D eigenvalue weighted by atomic mass is 9.90. The van der Waals surface area contributed by atoms with Crippen LogP contribution in [0, 0.1) is 17.2 Å². The van der Waals surface area contributed by atoms with Gasteiger partial charge in [0.15, 0.2) is 0 Å². The van der Waals surface area contributed by atoms with Gasteiger partial charge in [-0.15, -0.1) is 0 Å². The summed E-state index contributed by atoms with van der Waals surface area (Å²) in [7, 11) is 0. The fourth-order valence-electron chi connectivity index (χ4n) is 1.87. The van der Waals surface area contributed by atoms with Crippen LogP contribution in [0.4, 0.5) is 0 Å². The summed E-state index contributed by atoms with van der Waals surface area (Å²) >= 11 is 3.41. The van der Waals surface area contributed by atoms with Gasteiger partial charge < -0.3 is 5.32 Å². The first kappa shape index (κ1) is 9.70. The summed E-state index contributed by atoms with van der Waals surface area (Å²) in [5.74, 6) is 0.476. The molecule has 0 bridgehead atoms. The monoisotopic (exact) mass is 250 g/mol. The highest BCUT2D eigenvalue weighted by atomic mass is 79.9. The Morgan fingerprint density at radius 3 is 2.64 bits per heavy atom. The van der Waals surface area contributed by atoms with Crippen molar-refractivity contribution in [3.63, 3.8) is 0 Å². The summed E-state index contributed by atoms with van der Waals surface area (Å²) < 4.78 is 1.08. The summed E-state index contributed by atoms with van der Waals surface area (Å²) in [5.41, 5.74) is 1.25. The third kappa shape index (κ3) is 1.82. The minimum Gasteiger partial charge on any atom is -0.315 e. The lowest BCUT2D eigenvalue weighted by Gasteiger charge is -2.12. The van der Waals surface area contributed by atoms with Crippen molar-refractivity contribution in [2.45, 2.75) is 5.92 Å². The normalized spacial score (nSPS) is 26.0. The van der Waals surface area contributed by atoms with E-state index < -0.39 is 0 Å². The van der Waals surface area contributed by atoms with Crippen molar-refractivity contribution in [2.24, 2.45) is 5.92 Å². The average Bonchev–Trinajstić information content (AvgIpc) is 2.67. The molecule has 72 valence electrons. The van der Waals surface area contributed by atoms with Gasteiger partial charge in [0.25, 0.3) is 0 Å². The molecule has 0 spiro atoms. The molecule has 0 unspecified atom stereocenters. The van der Waals surface area contributed by atoms with Gasteiger partial charge in [-0.05, 0) is 17.7 Å². The minimum atomic E-state index is 0.121. The second-order valence-corrected chi connectivity index (χ2v) is 4.47. The van der Waals surface area contributed by atoms with Crippen LogP contribution in [-0.4, -0.2) is 13.1 Å². The quantitative estimate of drug-likeness (QED) is 0.831. The maximum Gasteiger partial charge on any atom is 0.0676 e. The number of nitrogens with one attached hydrogen (secondary N) is 1. The molecule has 1 aromatic carbocycles. The molecule has 1 heterocycles. The highest BCUT2D eigenvalue weighted by Gasteiger charge is 2.27. The molecule has 2 nitrogen and oxygen atoms in total. The van der Waals surface area contributed by atoms with Crippen LogP contribution in [0.1, 0.15) is 11.5 Å². The van der Waals surface area contributed by atoms with E-state index in [1.54, 1.807) is 0 Å². The highest BCUT2D eigenvalue weighted by Crippen LogP contribution is 2.28. The van der Waals surface area contributed by atoms with E-state index in [0.717, 1.165) is 17.6 Å². The van der Waals surface area contributed by atoms with Crippen LogP contribution in [0.5, 0.6) is 0 Å². The predicted molar refractivity (Wildman–Crippen MR) is 58.9 cm³/mol. The smallest absolute Gasteiger partial charge is 0.0676 e. The zero-order valence-corrected chi connectivity index (χ0v) is 9.29. The number of rotatable bonds is 1. The number of halogens is 1. The molecule has 0 radical (unpaired) electrons. The summed E-state index contributed by atoms with van der Waals surface area (Å²) in [6, 6.07) is 10.6. The Morgan fingerprint density at radius 2 is 2.00 bits per heavy atom. The summed E-state index contributed by atoms with van der Waals surface area (Å²) in [6.07, 6.45) is 0. The molecular formula is C11H11BrN2. The van der Waals surface area contributed by atoms with Crippen molar-refractivity contribution in [1.82, 2.24) is 5.32 Å². The number of nitriles is 1. The SMILES string of the molecule is N#C[C@@H]1CNC[C@@H]1c1ccc(Br)cc1. The molecule has 3 heteroatoms. The molecule has 1 aliphatic heterocycles. The average molecular weight is 251 g/mol. The standard InChI is InChI=1S/C11H11BrN2/c12-10-3-1-8(2-4-10)11-7-14-6-9(11)5-13/h1-4,9,11,14H,6-7H2/t9-,11-/m1/s1. The van der Waals surface area contributed by atoms with Crippen molar-refractivity contribution in [3.05, 3.63) is 34.3 Å².